The molecule has 1 aromatic heterocycles. The summed E-state index contributed by atoms with van der Waals surface area (Å²) in [6.07, 6.45) is 2.12. The molecule has 1 atom stereocenters. The first-order chi connectivity index (χ1) is 13.5. The predicted molar refractivity (Wildman–Crippen MR) is 113 cm³/mol. The lowest BCUT2D eigenvalue weighted by Crippen LogP contribution is -2.27. The van der Waals surface area contributed by atoms with Crippen LogP contribution in [0.5, 0.6) is 5.75 Å². The quantitative estimate of drug-likeness (QED) is 0.465. The van der Waals surface area contributed by atoms with Crippen LogP contribution in [0.4, 0.5) is 0 Å². The number of hydrogen-bond donors (Lipinski definition) is 1. The molecule has 0 saturated carbocycles. The van der Waals surface area contributed by atoms with E-state index in [2.05, 4.69) is 42.4 Å². The van der Waals surface area contributed by atoms with Gasteiger partial charge in [-0.05, 0) is 62.6 Å². The molecule has 0 radical (unpaired) electrons. The van der Waals surface area contributed by atoms with Crippen molar-refractivity contribution in [2.75, 3.05) is 6.61 Å². The van der Waals surface area contributed by atoms with E-state index in [0.717, 1.165) is 35.6 Å². The first kappa shape index (κ1) is 19.7. The second kappa shape index (κ2) is 8.74. The van der Waals surface area contributed by atoms with Crippen LogP contribution in [0.3, 0.4) is 0 Å². The van der Waals surface area contributed by atoms with Crippen LogP contribution in [0, 0.1) is 13.8 Å². The standard InChI is InChI=1S/C23H27N3O2/c1-5-22(27)24-18(4)23-25-19-11-6-7-12-20(19)26(23)14-9-15-28-21-13-8-10-16(2)17(21)3/h5-8,10-13,18H,1,9,14-15H2,2-4H3,(H,24,27). The molecule has 2 aromatic carbocycles. The smallest absolute Gasteiger partial charge is 0.243 e. The third-order valence-electron chi connectivity index (χ3n) is 4.95. The maximum Gasteiger partial charge on any atom is 0.243 e. The van der Waals surface area contributed by atoms with Gasteiger partial charge in [0.05, 0.1) is 23.7 Å². The Balaban J connectivity index is 1.74. The molecule has 5 nitrogen and oxygen atoms in total. The summed E-state index contributed by atoms with van der Waals surface area (Å²) in [5.41, 5.74) is 4.39. The van der Waals surface area contributed by atoms with Crippen molar-refractivity contribution in [1.29, 1.82) is 0 Å². The lowest BCUT2D eigenvalue weighted by Gasteiger charge is -2.16. The lowest BCUT2D eigenvalue weighted by atomic mass is 10.1. The van der Waals surface area contributed by atoms with Crippen LogP contribution in [-0.4, -0.2) is 22.1 Å². The Kier molecular flexibility index (Phi) is 6.14. The number of aryl methyl sites for hydroxylation is 2. The molecule has 1 unspecified atom stereocenters. The van der Waals surface area contributed by atoms with Crippen LogP contribution < -0.4 is 10.1 Å². The number of nitrogens with one attached hydrogen (secondary N) is 1. The minimum Gasteiger partial charge on any atom is -0.493 e. The van der Waals surface area contributed by atoms with E-state index in [1.54, 1.807) is 0 Å². The Morgan fingerprint density at radius 1 is 1.25 bits per heavy atom. The monoisotopic (exact) mass is 377 g/mol. The molecule has 0 fully saturated rings. The minimum atomic E-state index is -0.210. The third-order valence-corrected chi connectivity index (χ3v) is 4.95. The molecule has 0 saturated heterocycles. The minimum absolute atomic E-state index is 0.204. The van der Waals surface area contributed by atoms with E-state index >= 15 is 0 Å². The molecule has 0 aliphatic rings. The van der Waals surface area contributed by atoms with Crippen LogP contribution in [0.15, 0.2) is 55.1 Å². The van der Waals surface area contributed by atoms with Crippen molar-refractivity contribution in [3.05, 3.63) is 72.1 Å². The maximum atomic E-state index is 11.7. The van der Waals surface area contributed by atoms with Gasteiger partial charge in [0.2, 0.25) is 5.91 Å². The topological polar surface area (TPSA) is 56.2 Å². The molecule has 5 heteroatoms. The number of carbonyl (C=O) groups excluding carboxylic acids is 1. The van der Waals surface area contributed by atoms with E-state index < -0.39 is 0 Å². The molecule has 0 aliphatic heterocycles. The first-order valence-electron chi connectivity index (χ1n) is 9.58. The van der Waals surface area contributed by atoms with Crippen LogP contribution in [-0.2, 0) is 11.3 Å². The highest BCUT2D eigenvalue weighted by molar-refractivity contribution is 5.87. The van der Waals surface area contributed by atoms with Gasteiger partial charge in [0.15, 0.2) is 0 Å². The van der Waals surface area contributed by atoms with Crippen LogP contribution in [0.25, 0.3) is 11.0 Å². The van der Waals surface area contributed by atoms with E-state index in [1.165, 1.54) is 17.2 Å². The van der Waals surface area contributed by atoms with Crippen molar-refractivity contribution in [2.24, 2.45) is 0 Å². The van der Waals surface area contributed by atoms with Gasteiger partial charge in [0, 0.05) is 6.54 Å². The van der Waals surface area contributed by atoms with Gasteiger partial charge >= 0.3 is 0 Å². The Morgan fingerprint density at radius 2 is 2.04 bits per heavy atom. The van der Waals surface area contributed by atoms with E-state index in [0.29, 0.717) is 6.61 Å². The number of aromatic nitrogens is 2. The highest BCUT2D eigenvalue weighted by Gasteiger charge is 2.17. The van der Waals surface area contributed by atoms with Crippen LogP contribution >= 0.6 is 0 Å². The largest absolute Gasteiger partial charge is 0.493 e. The van der Waals surface area contributed by atoms with Gasteiger partial charge in [-0.25, -0.2) is 4.98 Å². The fourth-order valence-corrected chi connectivity index (χ4v) is 3.28. The normalized spacial score (nSPS) is 12.0. The fourth-order valence-electron chi connectivity index (χ4n) is 3.28. The lowest BCUT2D eigenvalue weighted by molar-refractivity contribution is -0.117. The second-order valence-corrected chi connectivity index (χ2v) is 6.94. The summed E-state index contributed by atoms with van der Waals surface area (Å²) in [6.45, 7) is 11.0. The van der Waals surface area contributed by atoms with Gasteiger partial charge in [-0.2, -0.15) is 0 Å². The number of carbonyl (C=O) groups is 1. The molecule has 3 aromatic rings. The Labute approximate surface area is 166 Å². The van der Waals surface area contributed by atoms with Gasteiger partial charge in [-0.1, -0.05) is 30.8 Å². The van der Waals surface area contributed by atoms with E-state index in [1.807, 2.05) is 37.3 Å². The number of rotatable bonds is 8. The Morgan fingerprint density at radius 3 is 2.82 bits per heavy atom. The summed E-state index contributed by atoms with van der Waals surface area (Å²) in [4.78, 5) is 16.4. The van der Waals surface area contributed by atoms with Gasteiger partial charge in [0.25, 0.3) is 0 Å². The zero-order valence-corrected chi connectivity index (χ0v) is 16.7. The van der Waals surface area contributed by atoms with Crippen LogP contribution in [0.1, 0.15) is 36.3 Å². The van der Waals surface area contributed by atoms with Crippen LogP contribution in [0.2, 0.25) is 0 Å². The van der Waals surface area contributed by atoms with Gasteiger partial charge in [-0.3, -0.25) is 4.79 Å². The molecule has 0 spiro atoms. The molecule has 1 N–H and O–H groups in total. The molecule has 0 aliphatic carbocycles. The second-order valence-electron chi connectivity index (χ2n) is 6.94. The summed E-state index contributed by atoms with van der Waals surface area (Å²) in [5, 5.41) is 2.91. The molecule has 146 valence electrons. The van der Waals surface area contributed by atoms with E-state index in [-0.39, 0.29) is 11.9 Å². The SMILES string of the molecule is C=CC(=O)NC(C)c1nc2ccccc2n1CCCOc1cccc(C)c1C. The van der Waals surface area contributed by atoms with Crippen molar-refractivity contribution in [3.8, 4) is 5.75 Å². The van der Waals surface area contributed by atoms with E-state index in [9.17, 15) is 4.79 Å². The van der Waals surface area contributed by atoms with E-state index in [4.69, 9.17) is 9.72 Å². The Bertz CT molecular complexity index is 991. The predicted octanol–water partition coefficient (Wildman–Crippen LogP) is 4.49. The van der Waals surface area contributed by atoms with Gasteiger partial charge < -0.3 is 14.6 Å². The number of imidazole rings is 1. The van der Waals surface area contributed by atoms with Gasteiger partial charge in [0.1, 0.15) is 11.6 Å². The maximum absolute atomic E-state index is 11.7. The van der Waals surface area contributed by atoms with Crippen molar-refractivity contribution in [1.82, 2.24) is 14.9 Å². The number of fused-ring (bicyclic) bond motifs is 1. The number of amides is 1. The number of para-hydroxylation sites is 2. The number of nitrogens with zero attached hydrogens (tertiary/aromatic N) is 2. The fraction of sp³-hybridized carbons (Fsp3) is 0.304. The Hall–Kier alpha value is -3.08. The highest BCUT2D eigenvalue weighted by atomic mass is 16.5. The van der Waals surface area contributed by atoms with Crippen molar-refractivity contribution < 1.29 is 9.53 Å². The molecular weight excluding hydrogens is 350 g/mol. The number of ether oxygens (including phenoxy) is 1. The average molecular weight is 377 g/mol. The van der Waals surface area contributed by atoms with Gasteiger partial charge in [-0.15, -0.1) is 0 Å². The molecular formula is C23H27N3O2. The third kappa shape index (κ3) is 4.25. The summed E-state index contributed by atoms with van der Waals surface area (Å²) < 4.78 is 8.16. The summed E-state index contributed by atoms with van der Waals surface area (Å²) in [5.74, 6) is 1.56. The molecule has 0 bridgehead atoms. The molecule has 1 amide bonds. The van der Waals surface area contributed by atoms with Crippen molar-refractivity contribution in [3.63, 3.8) is 0 Å². The molecule has 1 heterocycles. The summed E-state index contributed by atoms with van der Waals surface area (Å²) in [6, 6.07) is 13.9. The van der Waals surface area contributed by atoms with Crippen molar-refractivity contribution >= 4 is 16.9 Å². The average Bonchev–Trinajstić information content (AvgIpc) is 3.07. The zero-order chi connectivity index (χ0) is 20.1. The van der Waals surface area contributed by atoms with Crippen molar-refractivity contribution in [2.45, 2.75) is 39.8 Å². The first-order valence-corrected chi connectivity index (χ1v) is 9.58. The molecule has 28 heavy (non-hydrogen) atoms. The highest BCUT2D eigenvalue weighted by Crippen LogP contribution is 2.23. The zero-order valence-electron chi connectivity index (χ0n) is 16.7. The summed E-state index contributed by atoms with van der Waals surface area (Å²) in [7, 11) is 0. The number of benzene rings is 2. The number of hydrogen-bond acceptors (Lipinski definition) is 3. The molecule has 3 rings (SSSR count). The summed E-state index contributed by atoms with van der Waals surface area (Å²) >= 11 is 0.